The molecule has 1 aromatic carbocycles. The van der Waals surface area contributed by atoms with Gasteiger partial charge >= 0.3 is 6.03 Å². The van der Waals surface area contributed by atoms with E-state index in [1.165, 1.54) is 48.4 Å². The van der Waals surface area contributed by atoms with Crippen LogP contribution in [0.2, 0.25) is 5.02 Å². The highest BCUT2D eigenvalue weighted by atomic mass is 35.5. The van der Waals surface area contributed by atoms with E-state index in [1.807, 2.05) is 4.90 Å². The number of rotatable bonds is 4. The van der Waals surface area contributed by atoms with Crippen LogP contribution in [0.5, 0.6) is 0 Å². The van der Waals surface area contributed by atoms with E-state index in [4.69, 9.17) is 11.6 Å². The first-order valence-electron chi connectivity index (χ1n) is 11.6. The number of benzene rings is 1. The number of carbonyl (C=O) groups is 2. The van der Waals surface area contributed by atoms with Crippen LogP contribution in [0.1, 0.15) is 62.5 Å². The molecule has 7 nitrogen and oxygen atoms in total. The van der Waals surface area contributed by atoms with Crippen molar-refractivity contribution in [3.05, 3.63) is 46.6 Å². The van der Waals surface area contributed by atoms with Crippen molar-refractivity contribution in [2.75, 3.05) is 25.0 Å². The number of aromatic nitrogens is 2. The zero-order chi connectivity index (χ0) is 22.3. The Bertz CT molecular complexity index is 1020. The van der Waals surface area contributed by atoms with Crippen molar-refractivity contribution in [1.29, 1.82) is 0 Å². The second-order valence-corrected chi connectivity index (χ2v) is 9.88. The first-order chi connectivity index (χ1) is 15.4. The second kappa shape index (κ2) is 8.52. The Balaban J connectivity index is 1.23. The topological polar surface area (TPSA) is 70.5 Å². The lowest BCUT2D eigenvalue weighted by atomic mass is 9.84. The Morgan fingerprint density at radius 3 is 2.66 bits per heavy atom. The SMILES string of the molecule is CC(=O)Nc1ccn(C(=O)N2CCC3(CCCN3Cc3ccc(Cl)c(C4CC4)c3)CC2)n1. The third kappa shape index (κ3) is 4.28. The minimum absolute atomic E-state index is 0.132. The summed E-state index contributed by atoms with van der Waals surface area (Å²) in [6.45, 7) is 4.92. The number of hydrogen-bond acceptors (Lipinski definition) is 4. The number of nitrogens with zero attached hydrogens (tertiary/aromatic N) is 4. The van der Waals surface area contributed by atoms with Crippen molar-refractivity contribution in [3.8, 4) is 0 Å². The zero-order valence-electron chi connectivity index (χ0n) is 18.5. The van der Waals surface area contributed by atoms with Gasteiger partial charge in [-0.1, -0.05) is 23.7 Å². The highest BCUT2D eigenvalue weighted by Crippen LogP contribution is 2.44. The average molecular weight is 456 g/mol. The summed E-state index contributed by atoms with van der Waals surface area (Å²) >= 11 is 6.43. The summed E-state index contributed by atoms with van der Waals surface area (Å²) < 4.78 is 1.32. The molecule has 0 radical (unpaired) electrons. The zero-order valence-corrected chi connectivity index (χ0v) is 19.3. The average Bonchev–Trinajstić information content (AvgIpc) is 3.41. The molecule has 1 spiro atoms. The number of nitrogens with one attached hydrogen (secondary N) is 1. The Labute approximate surface area is 193 Å². The highest BCUT2D eigenvalue weighted by molar-refractivity contribution is 6.31. The molecule has 32 heavy (non-hydrogen) atoms. The van der Waals surface area contributed by atoms with Gasteiger partial charge in [0.1, 0.15) is 0 Å². The normalized spacial score (nSPS) is 20.6. The monoisotopic (exact) mass is 455 g/mol. The van der Waals surface area contributed by atoms with E-state index in [0.717, 1.165) is 44.0 Å². The van der Waals surface area contributed by atoms with Gasteiger partial charge in [0.15, 0.2) is 5.82 Å². The number of likely N-dealkylation sites (tertiary alicyclic amines) is 2. The molecule has 0 bridgehead atoms. The van der Waals surface area contributed by atoms with Gasteiger partial charge in [-0.3, -0.25) is 9.69 Å². The van der Waals surface area contributed by atoms with Crippen molar-refractivity contribution in [3.63, 3.8) is 0 Å². The molecule has 170 valence electrons. The van der Waals surface area contributed by atoms with Crippen molar-refractivity contribution in [1.82, 2.24) is 19.6 Å². The lowest BCUT2D eigenvalue weighted by Gasteiger charge is -2.45. The van der Waals surface area contributed by atoms with Gasteiger partial charge < -0.3 is 10.2 Å². The van der Waals surface area contributed by atoms with Gasteiger partial charge in [0.2, 0.25) is 5.91 Å². The molecule has 2 amide bonds. The molecule has 3 heterocycles. The molecular weight excluding hydrogens is 426 g/mol. The Kier molecular flexibility index (Phi) is 5.72. The van der Waals surface area contributed by atoms with Crippen LogP contribution in [0.15, 0.2) is 30.5 Å². The van der Waals surface area contributed by atoms with Crippen LogP contribution < -0.4 is 5.32 Å². The number of piperidine rings is 1. The predicted octanol–water partition coefficient (Wildman–Crippen LogP) is 4.47. The Hall–Kier alpha value is -2.38. The second-order valence-electron chi connectivity index (χ2n) is 9.48. The van der Waals surface area contributed by atoms with Crippen LogP contribution in [-0.4, -0.2) is 56.7 Å². The maximum absolute atomic E-state index is 12.9. The standard InChI is InChI=1S/C24H30ClN5O2/c1-17(31)26-22-7-12-30(27-22)23(32)28-13-9-24(10-14-28)8-2-11-29(24)16-18-3-6-21(25)20(15-18)19-4-5-19/h3,6-7,12,15,19H,2,4-5,8-11,13-14,16H2,1H3,(H,26,27,31). The molecular formula is C24H30ClN5O2. The van der Waals surface area contributed by atoms with Crippen LogP contribution in [0.25, 0.3) is 0 Å². The Morgan fingerprint density at radius 1 is 1.16 bits per heavy atom. The molecule has 8 heteroatoms. The van der Waals surface area contributed by atoms with Gasteiger partial charge in [-0.15, -0.1) is 5.10 Å². The summed E-state index contributed by atoms with van der Waals surface area (Å²) in [5.74, 6) is 0.849. The van der Waals surface area contributed by atoms with Crippen molar-refractivity contribution in [2.24, 2.45) is 0 Å². The molecule has 2 aliphatic heterocycles. The number of carbonyl (C=O) groups excluding carboxylic acids is 2. The van der Waals surface area contributed by atoms with E-state index < -0.39 is 0 Å². The fraction of sp³-hybridized carbons (Fsp3) is 0.542. The van der Waals surface area contributed by atoms with Gasteiger partial charge in [-0.25, -0.2) is 4.79 Å². The van der Waals surface area contributed by atoms with E-state index in [-0.39, 0.29) is 17.5 Å². The van der Waals surface area contributed by atoms with E-state index in [1.54, 1.807) is 12.3 Å². The number of hydrogen-bond donors (Lipinski definition) is 1. The molecule has 3 fully saturated rings. The van der Waals surface area contributed by atoms with E-state index >= 15 is 0 Å². The maximum atomic E-state index is 12.9. The van der Waals surface area contributed by atoms with Gasteiger partial charge in [-0.05, 0) is 68.2 Å². The summed E-state index contributed by atoms with van der Waals surface area (Å²) in [6, 6.07) is 8.06. The van der Waals surface area contributed by atoms with Crippen LogP contribution >= 0.6 is 11.6 Å². The van der Waals surface area contributed by atoms with Gasteiger partial charge in [-0.2, -0.15) is 4.68 Å². The minimum atomic E-state index is -0.200. The largest absolute Gasteiger partial charge is 0.344 e. The lowest BCUT2D eigenvalue weighted by molar-refractivity contribution is -0.114. The summed E-state index contributed by atoms with van der Waals surface area (Å²) in [6.07, 6.45) is 8.45. The van der Waals surface area contributed by atoms with E-state index in [0.29, 0.717) is 11.7 Å². The molecule has 3 aliphatic rings. The third-order valence-electron chi connectivity index (χ3n) is 7.25. The molecule has 1 saturated carbocycles. The smallest absolute Gasteiger partial charge is 0.323 e. The van der Waals surface area contributed by atoms with Crippen molar-refractivity contribution < 1.29 is 9.59 Å². The van der Waals surface area contributed by atoms with Gasteiger partial charge in [0.25, 0.3) is 0 Å². The predicted molar refractivity (Wildman–Crippen MR) is 124 cm³/mol. The molecule has 1 aliphatic carbocycles. The third-order valence-corrected chi connectivity index (χ3v) is 7.59. The molecule has 0 unspecified atom stereocenters. The van der Waals surface area contributed by atoms with E-state index in [2.05, 4.69) is 33.5 Å². The quantitative estimate of drug-likeness (QED) is 0.738. The molecule has 2 saturated heterocycles. The van der Waals surface area contributed by atoms with Crippen LogP contribution in [-0.2, 0) is 11.3 Å². The van der Waals surface area contributed by atoms with Gasteiger partial charge in [0, 0.05) is 49.4 Å². The first-order valence-corrected chi connectivity index (χ1v) is 12.0. The van der Waals surface area contributed by atoms with E-state index in [9.17, 15) is 9.59 Å². The number of anilines is 1. The van der Waals surface area contributed by atoms with Crippen molar-refractivity contribution >= 4 is 29.4 Å². The summed E-state index contributed by atoms with van der Waals surface area (Å²) in [7, 11) is 0. The number of halogens is 1. The van der Waals surface area contributed by atoms with Crippen molar-refractivity contribution in [2.45, 2.75) is 63.5 Å². The first kappa shape index (κ1) is 21.5. The van der Waals surface area contributed by atoms with Gasteiger partial charge in [0.05, 0.1) is 0 Å². The molecule has 1 aromatic heterocycles. The molecule has 2 aromatic rings. The highest BCUT2D eigenvalue weighted by Gasteiger charge is 2.44. The molecule has 5 rings (SSSR count). The number of amides is 2. The molecule has 1 N–H and O–H groups in total. The summed E-state index contributed by atoms with van der Waals surface area (Å²) in [5.41, 5.74) is 2.83. The van der Waals surface area contributed by atoms with Crippen LogP contribution in [0, 0.1) is 0 Å². The lowest BCUT2D eigenvalue weighted by Crippen LogP contribution is -2.53. The summed E-state index contributed by atoms with van der Waals surface area (Å²) in [5, 5.41) is 7.71. The van der Waals surface area contributed by atoms with Crippen LogP contribution in [0.3, 0.4) is 0 Å². The minimum Gasteiger partial charge on any atom is -0.323 e. The molecule has 0 atom stereocenters. The fourth-order valence-electron chi connectivity index (χ4n) is 5.36. The maximum Gasteiger partial charge on any atom is 0.344 e. The fourth-order valence-corrected chi connectivity index (χ4v) is 5.63. The Morgan fingerprint density at radius 2 is 1.94 bits per heavy atom. The van der Waals surface area contributed by atoms with Crippen LogP contribution in [0.4, 0.5) is 10.6 Å². The summed E-state index contributed by atoms with van der Waals surface area (Å²) in [4.78, 5) is 28.6.